The van der Waals surface area contributed by atoms with Crippen LogP contribution in [-0.4, -0.2) is 25.5 Å². The van der Waals surface area contributed by atoms with Crippen molar-refractivity contribution in [2.24, 2.45) is 5.92 Å². The van der Waals surface area contributed by atoms with Crippen LogP contribution >= 0.6 is 15.9 Å². The minimum Gasteiger partial charge on any atom is -0.468 e. The lowest BCUT2D eigenvalue weighted by molar-refractivity contribution is -0.153. The van der Waals surface area contributed by atoms with Crippen LogP contribution in [0.4, 0.5) is 0 Å². The maximum Gasteiger partial charge on any atom is 0.316 e. The van der Waals surface area contributed by atoms with Gasteiger partial charge >= 0.3 is 5.97 Å². The van der Waals surface area contributed by atoms with Crippen LogP contribution < -0.4 is 0 Å². The Kier molecular flexibility index (Phi) is 5.07. The molecule has 0 amide bonds. The van der Waals surface area contributed by atoms with Gasteiger partial charge in [0.05, 0.1) is 23.8 Å². The van der Waals surface area contributed by atoms with E-state index in [0.29, 0.717) is 24.3 Å². The van der Waals surface area contributed by atoms with E-state index >= 15 is 0 Å². The van der Waals surface area contributed by atoms with Crippen LogP contribution in [-0.2, 0) is 30.7 Å². The molecule has 1 fully saturated rings. The molecule has 1 aliphatic carbocycles. The van der Waals surface area contributed by atoms with Crippen LogP contribution in [0.5, 0.6) is 0 Å². The van der Waals surface area contributed by atoms with Crippen molar-refractivity contribution in [3.63, 3.8) is 0 Å². The van der Waals surface area contributed by atoms with Crippen molar-refractivity contribution < 1.29 is 17.9 Å². The normalized spacial score (nSPS) is 21.7. The summed E-state index contributed by atoms with van der Waals surface area (Å²) in [7, 11) is -2.22. The predicted octanol–water partition coefficient (Wildman–Crippen LogP) is 4.62. The number of fused-ring (bicyclic) bond motifs is 1. The van der Waals surface area contributed by atoms with Gasteiger partial charge in [0.15, 0.2) is 0 Å². The van der Waals surface area contributed by atoms with Gasteiger partial charge in [-0.15, -0.1) is 0 Å². The molecule has 7 heteroatoms. The molecule has 2 aromatic carbocycles. The monoisotopic (exact) mass is 475 g/mol. The molecular weight excluding hydrogens is 454 g/mol. The van der Waals surface area contributed by atoms with E-state index in [2.05, 4.69) is 22.9 Å². The van der Waals surface area contributed by atoms with Gasteiger partial charge in [0, 0.05) is 16.1 Å². The van der Waals surface area contributed by atoms with Crippen molar-refractivity contribution in [1.82, 2.24) is 3.97 Å². The van der Waals surface area contributed by atoms with Crippen molar-refractivity contribution in [1.29, 1.82) is 0 Å². The van der Waals surface area contributed by atoms with E-state index in [1.165, 1.54) is 11.1 Å². The third-order valence-electron chi connectivity index (χ3n) is 5.74. The molecule has 4 rings (SSSR count). The first-order valence-corrected chi connectivity index (χ1v) is 11.8. The maximum absolute atomic E-state index is 13.1. The third kappa shape index (κ3) is 3.40. The highest BCUT2D eigenvalue weighted by Gasteiger charge is 2.51. The number of benzene rings is 2. The first-order chi connectivity index (χ1) is 13.8. The van der Waals surface area contributed by atoms with Gasteiger partial charge in [-0.05, 0) is 48.1 Å². The Labute approximate surface area is 178 Å². The Balaban J connectivity index is 1.83. The fraction of sp³-hybridized carbons (Fsp3) is 0.318. The number of aromatic nitrogens is 1. The molecule has 0 radical (unpaired) electrons. The lowest BCUT2D eigenvalue weighted by atomic mass is 9.59. The number of esters is 1. The number of nitrogens with zero attached hydrogens (tertiary/aromatic N) is 1. The Morgan fingerprint density at radius 2 is 1.90 bits per heavy atom. The summed E-state index contributed by atoms with van der Waals surface area (Å²) in [5.74, 6) is 0.0443. The van der Waals surface area contributed by atoms with Gasteiger partial charge in [0.1, 0.15) is 0 Å². The van der Waals surface area contributed by atoms with E-state index < -0.39 is 15.4 Å². The van der Waals surface area contributed by atoms with Crippen molar-refractivity contribution >= 4 is 42.8 Å². The number of halogens is 1. The van der Waals surface area contributed by atoms with Gasteiger partial charge in [-0.2, -0.15) is 0 Å². The van der Waals surface area contributed by atoms with E-state index in [-0.39, 0.29) is 11.7 Å². The Bertz CT molecular complexity index is 1180. The molecule has 1 aliphatic rings. The summed E-state index contributed by atoms with van der Waals surface area (Å²) in [6, 6.07) is 14.6. The average Bonchev–Trinajstić information content (AvgIpc) is 3.10. The Hall–Kier alpha value is -2.12. The van der Waals surface area contributed by atoms with E-state index in [1.807, 2.05) is 30.3 Å². The molecule has 0 saturated heterocycles. The zero-order chi connectivity index (χ0) is 20.8. The summed E-state index contributed by atoms with van der Waals surface area (Å²) >= 11 is 3.57. The largest absolute Gasteiger partial charge is 0.468 e. The summed E-state index contributed by atoms with van der Waals surface area (Å²) in [5.41, 5.74) is 1.36. The molecule has 0 bridgehead atoms. The minimum absolute atomic E-state index is 0.0986. The molecule has 0 aliphatic heterocycles. The van der Waals surface area contributed by atoms with E-state index in [0.717, 1.165) is 21.0 Å². The van der Waals surface area contributed by atoms with Crippen molar-refractivity contribution in [3.05, 3.63) is 70.3 Å². The Morgan fingerprint density at radius 1 is 1.21 bits per heavy atom. The van der Waals surface area contributed by atoms with Gasteiger partial charge < -0.3 is 4.74 Å². The standard InChI is InChI=1S/C22H22BrNO4S/c1-15-12-22(13-15,21(25)28-2)17-10-19(23)18-8-9-24(20(18)11-17)29(26,27)14-16-6-4-3-5-7-16/h3-11,15H,12-14H2,1-2H3. The van der Waals surface area contributed by atoms with Crippen molar-refractivity contribution in [2.45, 2.75) is 30.9 Å². The molecule has 0 spiro atoms. The van der Waals surface area contributed by atoms with E-state index in [4.69, 9.17) is 4.74 Å². The maximum atomic E-state index is 13.1. The number of methoxy groups -OCH3 is 1. The average molecular weight is 476 g/mol. The van der Waals surface area contributed by atoms with Gasteiger partial charge in [-0.3, -0.25) is 4.79 Å². The second-order valence-electron chi connectivity index (χ2n) is 7.83. The number of hydrogen-bond donors (Lipinski definition) is 0. The van der Waals surface area contributed by atoms with Gasteiger partial charge in [0.2, 0.25) is 10.0 Å². The van der Waals surface area contributed by atoms with Crippen LogP contribution in [0.2, 0.25) is 0 Å². The van der Waals surface area contributed by atoms with Gasteiger partial charge in [-0.25, -0.2) is 12.4 Å². The summed E-state index contributed by atoms with van der Waals surface area (Å²) < 4.78 is 33.4. The molecule has 3 aromatic rings. The van der Waals surface area contributed by atoms with Crippen LogP contribution in [0.1, 0.15) is 30.9 Å². The van der Waals surface area contributed by atoms with Crippen LogP contribution in [0.15, 0.2) is 59.2 Å². The zero-order valence-electron chi connectivity index (χ0n) is 16.3. The molecule has 1 heterocycles. The number of rotatable bonds is 5. The van der Waals surface area contributed by atoms with Crippen molar-refractivity contribution in [2.75, 3.05) is 7.11 Å². The van der Waals surface area contributed by atoms with E-state index in [1.54, 1.807) is 24.4 Å². The lowest BCUT2D eigenvalue weighted by Gasteiger charge is -2.44. The molecule has 29 heavy (non-hydrogen) atoms. The molecule has 1 aromatic heterocycles. The number of carbonyl (C=O) groups excluding carboxylic acids is 1. The quantitative estimate of drug-likeness (QED) is 0.504. The molecule has 152 valence electrons. The SMILES string of the molecule is COC(=O)C1(c2cc(Br)c3ccn(S(=O)(=O)Cc4ccccc4)c3c2)CC(C)C1. The van der Waals surface area contributed by atoms with Crippen LogP contribution in [0.25, 0.3) is 10.9 Å². The highest BCUT2D eigenvalue weighted by atomic mass is 79.9. The van der Waals surface area contributed by atoms with Crippen LogP contribution in [0.3, 0.4) is 0 Å². The highest BCUT2D eigenvalue weighted by Crippen LogP contribution is 2.50. The van der Waals surface area contributed by atoms with Crippen molar-refractivity contribution in [3.8, 4) is 0 Å². The van der Waals surface area contributed by atoms with Gasteiger partial charge in [-0.1, -0.05) is 53.2 Å². The first kappa shape index (κ1) is 20.2. The molecular formula is C22H22BrNO4S. The second kappa shape index (κ2) is 7.29. The third-order valence-corrected chi connectivity index (χ3v) is 8.01. The van der Waals surface area contributed by atoms with Gasteiger partial charge in [0.25, 0.3) is 0 Å². The fourth-order valence-corrected chi connectivity index (χ4v) is 6.42. The highest BCUT2D eigenvalue weighted by molar-refractivity contribution is 9.10. The van der Waals surface area contributed by atoms with E-state index in [9.17, 15) is 13.2 Å². The second-order valence-corrected chi connectivity index (χ2v) is 10.5. The smallest absolute Gasteiger partial charge is 0.316 e. The summed E-state index contributed by atoms with van der Waals surface area (Å²) in [6.45, 7) is 2.10. The molecule has 0 unspecified atom stereocenters. The predicted molar refractivity (Wildman–Crippen MR) is 116 cm³/mol. The molecule has 0 atom stereocenters. The first-order valence-electron chi connectivity index (χ1n) is 9.43. The summed E-state index contributed by atoms with van der Waals surface area (Å²) in [4.78, 5) is 12.6. The Morgan fingerprint density at radius 3 is 2.52 bits per heavy atom. The molecule has 1 saturated carbocycles. The summed E-state index contributed by atoms with van der Waals surface area (Å²) in [6.07, 6.45) is 2.95. The lowest BCUT2D eigenvalue weighted by Crippen LogP contribution is -2.47. The molecule has 5 nitrogen and oxygen atoms in total. The van der Waals surface area contributed by atoms with Crippen LogP contribution in [0, 0.1) is 5.92 Å². The minimum atomic E-state index is -3.62. The fourth-order valence-electron chi connectivity index (χ4n) is 4.39. The molecule has 0 N–H and O–H groups in total. The number of hydrogen-bond acceptors (Lipinski definition) is 4. The number of carbonyl (C=O) groups is 1. The zero-order valence-corrected chi connectivity index (χ0v) is 18.7. The summed E-state index contributed by atoms with van der Waals surface area (Å²) in [5, 5.41) is 0.790. The number of ether oxygens (including phenoxy) is 1. The topological polar surface area (TPSA) is 65.4 Å².